The lowest BCUT2D eigenvalue weighted by atomic mass is 9.79. The molecule has 1 unspecified atom stereocenters. The first-order valence-electron chi connectivity index (χ1n) is 10.9. The molecule has 1 aromatic rings. The number of nitrogens with one attached hydrogen (secondary N) is 2. The van der Waals surface area contributed by atoms with Crippen LogP contribution in [0, 0.1) is 5.92 Å². The Balaban J connectivity index is 1.79. The number of benzene rings is 1. The van der Waals surface area contributed by atoms with E-state index in [1.165, 1.54) is 12.1 Å². The number of nitrogens with zero attached hydrogens (tertiary/aromatic N) is 2. The van der Waals surface area contributed by atoms with E-state index in [9.17, 15) is 26.7 Å². The summed E-state index contributed by atoms with van der Waals surface area (Å²) in [6.45, 7) is 6.53. The zero-order valence-electron chi connectivity index (χ0n) is 19.4. The van der Waals surface area contributed by atoms with E-state index in [2.05, 4.69) is 28.3 Å². The van der Waals surface area contributed by atoms with Crippen LogP contribution in [0.3, 0.4) is 0 Å². The van der Waals surface area contributed by atoms with Crippen molar-refractivity contribution in [1.29, 1.82) is 0 Å². The first kappa shape index (κ1) is 24.3. The monoisotopic (exact) mass is 508 g/mol. The molecule has 0 bridgehead atoms. The van der Waals surface area contributed by atoms with E-state index in [-0.39, 0.29) is 33.4 Å². The number of ketones is 1. The molecule has 0 fully saturated rings. The molecule has 3 heterocycles. The predicted octanol–water partition coefficient (Wildman–Crippen LogP) is 2.75. The van der Waals surface area contributed by atoms with E-state index in [0.29, 0.717) is 31.0 Å². The Hall–Kier alpha value is -2.86. The highest BCUT2D eigenvalue weighted by molar-refractivity contribution is 7.92. The van der Waals surface area contributed by atoms with E-state index in [4.69, 9.17) is 0 Å². The predicted molar refractivity (Wildman–Crippen MR) is 130 cm³/mol. The summed E-state index contributed by atoms with van der Waals surface area (Å²) in [5.41, 5.74) is -0.423. The summed E-state index contributed by atoms with van der Waals surface area (Å²) in [5.74, 6) is -0.591. The van der Waals surface area contributed by atoms with Crippen molar-refractivity contribution in [3.63, 3.8) is 0 Å². The van der Waals surface area contributed by atoms with Crippen LogP contribution >= 0.6 is 0 Å². The standard InChI is InChI=1S/C22H28N4O6S2/c1-13(2)9-10-22(3)20(28)18(19(27)16-6-5-11-26(16)22)21-23-15-8-7-14(24-33(4,29)30)12-17(15)34(31,32)25-21/h6-8,12-13,24,27H,5,9-11H2,1-4H3,(H,23,25). The van der Waals surface area contributed by atoms with E-state index < -0.39 is 31.4 Å². The number of amidine groups is 1. The summed E-state index contributed by atoms with van der Waals surface area (Å²) in [5, 5.41) is 13.9. The number of hydrogen-bond donors (Lipinski definition) is 3. The Kier molecular flexibility index (Phi) is 5.80. The average Bonchev–Trinajstić information content (AvgIpc) is 3.21. The van der Waals surface area contributed by atoms with Crippen LogP contribution in [-0.2, 0) is 24.8 Å². The zero-order valence-corrected chi connectivity index (χ0v) is 21.0. The molecule has 0 radical (unpaired) electrons. The van der Waals surface area contributed by atoms with E-state index in [1.807, 2.05) is 17.9 Å². The number of hydrogen-bond acceptors (Lipinski definition) is 8. The SMILES string of the molecule is CC(C)CCC1(C)C(=O)C(C2=NS(=O)(=O)c3cc(NS(C)(=O)=O)ccc3N2)=C(O)C2=CCCN21. The molecule has 3 N–H and O–H groups in total. The molecular weight excluding hydrogens is 480 g/mol. The highest BCUT2D eigenvalue weighted by Gasteiger charge is 2.50. The Labute approximate surface area is 199 Å². The van der Waals surface area contributed by atoms with Gasteiger partial charge in [-0.25, -0.2) is 8.42 Å². The number of aliphatic hydroxyl groups is 1. The number of Topliss-reactive ketones (excluding diaryl/α,β-unsaturated/α-hetero) is 1. The molecule has 0 aliphatic carbocycles. The van der Waals surface area contributed by atoms with Crippen molar-refractivity contribution in [3.8, 4) is 0 Å². The van der Waals surface area contributed by atoms with Gasteiger partial charge in [-0.1, -0.05) is 19.9 Å². The molecule has 3 aliphatic rings. The van der Waals surface area contributed by atoms with Crippen molar-refractivity contribution >= 4 is 43.0 Å². The minimum atomic E-state index is -4.29. The van der Waals surface area contributed by atoms with Gasteiger partial charge in [0.25, 0.3) is 10.0 Å². The van der Waals surface area contributed by atoms with Gasteiger partial charge in [-0.3, -0.25) is 9.52 Å². The molecule has 0 spiro atoms. The maximum absolute atomic E-state index is 13.8. The molecule has 12 heteroatoms. The quantitative estimate of drug-likeness (QED) is 0.532. The van der Waals surface area contributed by atoms with Crippen LogP contribution in [0.25, 0.3) is 0 Å². The fourth-order valence-corrected chi connectivity index (χ4v) is 6.21. The summed E-state index contributed by atoms with van der Waals surface area (Å²) < 4.78 is 55.1. The van der Waals surface area contributed by atoms with Crippen molar-refractivity contribution in [2.75, 3.05) is 22.8 Å². The van der Waals surface area contributed by atoms with Gasteiger partial charge in [-0.2, -0.15) is 8.42 Å². The molecule has 1 aromatic carbocycles. The third kappa shape index (κ3) is 4.20. The number of sulfonamides is 2. The van der Waals surface area contributed by atoms with Gasteiger partial charge < -0.3 is 15.3 Å². The Bertz CT molecular complexity index is 1380. The highest BCUT2D eigenvalue weighted by Crippen LogP contribution is 2.42. The van der Waals surface area contributed by atoms with Crippen LogP contribution in [0.2, 0.25) is 0 Å². The molecule has 0 saturated carbocycles. The van der Waals surface area contributed by atoms with Crippen LogP contribution < -0.4 is 10.0 Å². The third-order valence-electron chi connectivity index (χ3n) is 6.25. The van der Waals surface area contributed by atoms with Crippen LogP contribution in [0.5, 0.6) is 0 Å². The van der Waals surface area contributed by atoms with Crippen molar-refractivity contribution in [2.24, 2.45) is 10.3 Å². The number of anilines is 2. The molecule has 4 rings (SSSR count). The van der Waals surface area contributed by atoms with Crippen molar-refractivity contribution in [3.05, 3.63) is 41.3 Å². The van der Waals surface area contributed by atoms with Gasteiger partial charge in [0.1, 0.15) is 16.0 Å². The summed E-state index contributed by atoms with van der Waals surface area (Å²) in [7, 11) is -7.90. The van der Waals surface area contributed by atoms with Gasteiger partial charge in [-0.05, 0) is 50.3 Å². The lowest BCUT2D eigenvalue weighted by molar-refractivity contribution is -0.126. The Morgan fingerprint density at radius 1 is 1.32 bits per heavy atom. The normalized spacial score (nSPS) is 23.8. The smallest absolute Gasteiger partial charge is 0.286 e. The summed E-state index contributed by atoms with van der Waals surface area (Å²) >= 11 is 0. The van der Waals surface area contributed by atoms with E-state index >= 15 is 0 Å². The Morgan fingerprint density at radius 3 is 2.68 bits per heavy atom. The minimum Gasteiger partial charge on any atom is -0.505 e. The van der Waals surface area contributed by atoms with Crippen LogP contribution in [0.15, 0.2) is 50.6 Å². The number of rotatable bonds is 6. The maximum atomic E-state index is 13.8. The van der Waals surface area contributed by atoms with Crippen LogP contribution in [-0.4, -0.2) is 56.8 Å². The van der Waals surface area contributed by atoms with E-state index in [1.54, 1.807) is 0 Å². The maximum Gasteiger partial charge on any atom is 0.286 e. The molecule has 0 saturated heterocycles. The van der Waals surface area contributed by atoms with Gasteiger partial charge in [0, 0.05) is 12.2 Å². The summed E-state index contributed by atoms with van der Waals surface area (Å²) in [6.07, 6.45) is 4.77. The van der Waals surface area contributed by atoms with Gasteiger partial charge in [0.05, 0.1) is 17.6 Å². The van der Waals surface area contributed by atoms with Gasteiger partial charge >= 0.3 is 0 Å². The third-order valence-corrected chi connectivity index (χ3v) is 8.17. The van der Waals surface area contributed by atoms with Gasteiger partial charge in [-0.15, -0.1) is 4.40 Å². The van der Waals surface area contributed by atoms with Crippen LogP contribution in [0.4, 0.5) is 11.4 Å². The first-order chi connectivity index (χ1) is 15.7. The number of carbonyl (C=O) groups is 1. The molecule has 0 aromatic heterocycles. The lowest BCUT2D eigenvalue weighted by Gasteiger charge is -2.45. The molecule has 34 heavy (non-hydrogen) atoms. The lowest BCUT2D eigenvalue weighted by Crippen LogP contribution is -2.56. The zero-order chi connectivity index (χ0) is 25.1. The topological polar surface area (TPSA) is 145 Å². The molecule has 3 aliphatic heterocycles. The van der Waals surface area contributed by atoms with Crippen molar-refractivity contribution < 1.29 is 26.7 Å². The molecule has 10 nitrogen and oxygen atoms in total. The largest absolute Gasteiger partial charge is 0.505 e. The Morgan fingerprint density at radius 2 is 2.03 bits per heavy atom. The number of aliphatic hydroxyl groups excluding tert-OH is 1. The molecule has 0 amide bonds. The fraction of sp³-hybridized carbons (Fsp3) is 0.455. The first-order valence-corrected chi connectivity index (χ1v) is 14.3. The van der Waals surface area contributed by atoms with E-state index in [0.717, 1.165) is 18.7 Å². The molecule has 1 atom stereocenters. The van der Waals surface area contributed by atoms with Crippen molar-refractivity contribution in [2.45, 2.75) is 50.5 Å². The summed E-state index contributed by atoms with van der Waals surface area (Å²) in [6, 6.07) is 3.94. The minimum absolute atomic E-state index is 0.0640. The fourth-order valence-electron chi connectivity index (χ4n) is 4.51. The van der Waals surface area contributed by atoms with Crippen LogP contribution in [0.1, 0.15) is 40.0 Å². The number of carbonyl (C=O) groups excluding carboxylic acids is 1. The van der Waals surface area contributed by atoms with Crippen molar-refractivity contribution in [1.82, 2.24) is 4.90 Å². The molecule has 184 valence electrons. The van der Waals surface area contributed by atoms with Gasteiger partial charge in [0.2, 0.25) is 10.0 Å². The molecular formula is C22H28N4O6S2. The summed E-state index contributed by atoms with van der Waals surface area (Å²) in [4.78, 5) is 15.4. The highest BCUT2D eigenvalue weighted by atomic mass is 32.2. The second-order valence-electron chi connectivity index (χ2n) is 9.41. The number of fused-ring (bicyclic) bond motifs is 2. The second kappa shape index (κ2) is 8.12. The average molecular weight is 509 g/mol. The van der Waals surface area contributed by atoms with Gasteiger partial charge in [0.15, 0.2) is 17.4 Å². The second-order valence-corrected chi connectivity index (χ2v) is 12.7.